The minimum absolute atomic E-state index is 0.0423. The molecule has 0 saturated heterocycles. The van der Waals surface area contributed by atoms with Crippen LogP contribution in [0.2, 0.25) is 0 Å². The Hall–Kier alpha value is -1.32. The van der Waals surface area contributed by atoms with Gasteiger partial charge in [0.1, 0.15) is 0 Å². The Morgan fingerprint density at radius 1 is 1.11 bits per heavy atom. The zero-order chi connectivity index (χ0) is 13.8. The van der Waals surface area contributed by atoms with Gasteiger partial charge in [0, 0.05) is 22.0 Å². The molecule has 1 aromatic carbocycles. The van der Waals surface area contributed by atoms with Crippen molar-refractivity contribution >= 4 is 11.8 Å². The van der Waals surface area contributed by atoms with Gasteiger partial charge in [-0.15, -0.1) is 0 Å². The second-order valence-corrected chi connectivity index (χ2v) is 5.93. The topological polar surface area (TPSA) is 38.9 Å². The molecule has 0 amide bonds. The Bertz CT molecular complexity index is 549. The van der Waals surface area contributed by atoms with Crippen LogP contribution in [0.15, 0.2) is 46.3 Å². The Balaban J connectivity index is 2.12. The molecule has 2 rings (SSSR count). The summed E-state index contributed by atoms with van der Waals surface area (Å²) in [5, 5.41) is 0. The zero-order valence-electron chi connectivity index (χ0n) is 11.7. The third-order valence-electron chi connectivity index (χ3n) is 3.29. The summed E-state index contributed by atoms with van der Waals surface area (Å²) in [4.78, 5) is 6.84. The molecule has 2 N–H and O–H groups in total. The van der Waals surface area contributed by atoms with Crippen molar-refractivity contribution in [1.29, 1.82) is 0 Å². The summed E-state index contributed by atoms with van der Waals surface area (Å²) in [5.74, 6) is 0. The van der Waals surface area contributed by atoms with Gasteiger partial charge < -0.3 is 5.73 Å². The molecule has 100 valence electrons. The standard InChI is InChI=1S/C16H20N2S/c1-4-15(17)16-8-7-14(10-18-16)19-13-6-5-11(2)12(3)9-13/h5-10,15H,4,17H2,1-3H3/t15-/m1/s1. The van der Waals surface area contributed by atoms with Gasteiger partial charge >= 0.3 is 0 Å². The predicted molar refractivity (Wildman–Crippen MR) is 81.5 cm³/mol. The van der Waals surface area contributed by atoms with Gasteiger partial charge in [0.05, 0.1) is 5.69 Å². The van der Waals surface area contributed by atoms with E-state index in [1.54, 1.807) is 11.8 Å². The fourth-order valence-electron chi connectivity index (χ4n) is 1.79. The van der Waals surface area contributed by atoms with Gasteiger partial charge in [0.15, 0.2) is 0 Å². The molecule has 19 heavy (non-hydrogen) atoms. The molecule has 0 bridgehead atoms. The first-order valence-electron chi connectivity index (χ1n) is 6.56. The van der Waals surface area contributed by atoms with Crippen LogP contribution in [0.1, 0.15) is 36.2 Å². The number of aromatic nitrogens is 1. The van der Waals surface area contributed by atoms with Crippen molar-refractivity contribution in [2.24, 2.45) is 5.73 Å². The molecule has 0 aliphatic rings. The molecule has 0 aliphatic carbocycles. The van der Waals surface area contributed by atoms with E-state index in [1.165, 1.54) is 16.0 Å². The van der Waals surface area contributed by atoms with E-state index in [0.717, 1.165) is 17.0 Å². The molecule has 0 aliphatic heterocycles. The largest absolute Gasteiger partial charge is 0.323 e. The predicted octanol–water partition coefficient (Wildman–Crippen LogP) is 4.26. The zero-order valence-corrected chi connectivity index (χ0v) is 12.5. The minimum Gasteiger partial charge on any atom is -0.323 e. The fraction of sp³-hybridized carbons (Fsp3) is 0.312. The number of hydrogen-bond acceptors (Lipinski definition) is 3. The van der Waals surface area contributed by atoms with E-state index in [1.807, 2.05) is 12.3 Å². The van der Waals surface area contributed by atoms with E-state index in [-0.39, 0.29) is 6.04 Å². The van der Waals surface area contributed by atoms with Crippen molar-refractivity contribution in [2.45, 2.75) is 43.0 Å². The van der Waals surface area contributed by atoms with E-state index < -0.39 is 0 Å². The molecule has 0 unspecified atom stereocenters. The molecular weight excluding hydrogens is 252 g/mol. The van der Waals surface area contributed by atoms with Gasteiger partial charge in [-0.2, -0.15) is 0 Å². The van der Waals surface area contributed by atoms with E-state index in [9.17, 15) is 0 Å². The summed E-state index contributed by atoms with van der Waals surface area (Å²) in [5.41, 5.74) is 9.58. The first-order valence-corrected chi connectivity index (χ1v) is 7.38. The van der Waals surface area contributed by atoms with Crippen molar-refractivity contribution in [3.63, 3.8) is 0 Å². The van der Waals surface area contributed by atoms with Gasteiger partial charge in [-0.05, 0) is 55.7 Å². The van der Waals surface area contributed by atoms with Crippen LogP contribution in [0.3, 0.4) is 0 Å². The Kier molecular flexibility index (Phi) is 4.61. The second kappa shape index (κ2) is 6.22. The molecule has 1 heterocycles. The maximum Gasteiger partial charge on any atom is 0.0571 e. The molecule has 0 saturated carbocycles. The molecule has 0 radical (unpaired) electrons. The van der Waals surface area contributed by atoms with Crippen LogP contribution in [-0.4, -0.2) is 4.98 Å². The lowest BCUT2D eigenvalue weighted by Crippen LogP contribution is -2.10. The van der Waals surface area contributed by atoms with Gasteiger partial charge in [0.2, 0.25) is 0 Å². The molecule has 1 atom stereocenters. The maximum atomic E-state index is 5.96. The van der Waals surface area contributed by atoms with Crippen LogP contribution in [0, 0.1) is 13.8 Å². The van der Waals surface area contributed by atoms with E-state index in [4.69, 9.17) is 5.73 Å². The molecule has 1 aromatic heterocycles. The third kappa shape index (κ3) is 3.58. The highest BCUT2D eigenvalue weighted by molar-refractivity contribution is 7.99. The quantitative estimate of drug-likeness (QED) is 0.904. The van der Waals surface area contributed by atoms with Crippen LogP contribution < -0.4 is 5.73 Å². The lowest BCUT2D eigenvalue weighted by Gasteiger charge is -2.09. The van der Waals surface area contributed by atoms with Crippen LogP contribution in [0.4, 0.5) is 0 Å². The van der Waals surface area contributed by atoms with E-state index in [0.29, 0.717) is 0 Å². The Morgan fingerprint density at radius 3 is 2.42 bits per heavy atom. The number of hydrogen-bond donors (Lipinski definition) is 1. The van der Waals surface area contributed by atoms with E-state index in [2.05, 4.69) is 50.0 Å². The molecule has 2 aromatic rings. The monoisotopic (exact) mass is 272 g/mol. The van der Waals surface area contributed by atoms with Crippen LogP contribution in [-0.2, 0) is 0 Å². The highest BCUT2D eigenvalue weighted by Crippen LogP contribution is 2.29. The summed E-state index contributed by atoms with van der Waals surface area (Å²) in [6.45, 7) is 6.34. The maximum absolute atomic E-state index is 5.96. The molecule has 3 heteroatoms. The third-order valence-corrected chi connectivity index (χ3v) is 4.26. The smallest absolute Gasteiger partial charge is 0.0571 e. The minimum atomic E-state index is 0.0423. The average molecular weight is 272 g/mol. The molecular formula is C16H20N2S. The summed E-state index contributed by atoms with van der Waals surface area (Å²) in [7, 11) is 0. The second-order valence-electron chi connectivity index (χ2n) is 4.78. The van der Waals surface area contributed by atoms with Crippen molar-refractivity contribution in [2.75, 3.05) is 0 Å². The van der Waals surface area contributed by atoms with Crippen molar-refractivity contribution < 1.29 is 0 Å². The Labute approximate surface area is 119 Å². The normalized spacial score (nSPS) is 12.4. The summed E-state index contributed by atoms with van der Waals surface area (Å²) >= 11 is 1.74. The van der Waals surface area contributed by atoms with Crippen molar-refractivity contribution in [1.82, 2.24) is 4.98 Å². The van der Waals surface area contributed by atoms with Crippen molar-refractivity contribution in [3.05, 3.63) is 53.3 Å². The molecule has 0 fully saturated rings. The number of benzene rings is 1. The van der Waals surface area contributed by atoms with Crippen LogP contribution in [0.25, 0.3) is 0 Å². The summed E-state index contributed by atoms with van der Waals surface area (Å²) < 4.78 is 0. The lowest BCUT2D eigenvalue weighted by atomic mass is 10.1. The van der Waals surface area contributed by atoms with Gasteiger partial charge in [-0.25, -0.2) is 0 Å². The van der Waals surface area contributed by atoms with Crippen LogP contribution >= 0.6 is 11.8 Å². The average Bonchev–Trinajstić information content (AvgIpc) is 2.43. The number of nitrogens with zero attached hydrogens (tertiary/aromatic N) is 1. The Morgan fingerprint density at radius 2 is 1.84 bits per heavy atom. The van der Waals surface area contributed by atoms with Crippen LogP contribution in [0.5, 0.6) is 0 Å². The highest BCUT2D eigenvalue weighted by atomic mass is 32.2. The first kappa shape index (κ1) is 14.1. The van der Waals surface area contributed by atoms with Crippen molar-refractivity contribution in [3.8, 4) is 0 Å². The SMILES string of the molecule is CC[C@@H](N)c1ccc(Sc2ccc(C)c(C)c2)cn1. The number of rotatable bonds is 4. The number of pyridine rings is 1. The first-order chi connectivity index (χ1) is 9.10. The van der Waals surface area contributed by atoms with Gasteiger partial charge in [-0.3, -0.25) is 4.98 Å². The number of nitrogens with two attached hydrogens (primary N) is 1. The number of aryl methyl sites for hydroxylation is 2. The molecule has 0 spiro atoms. The van der Waals surface area contributed by atoms with Gasteiger partial charge in [-0.1, -0.05) is 24.8 Å². The fourth-order valence-corrected chi connectivity index (χ4v) is 2.68. The highest BCUT2D eigenvalue weighted by Gasteiger charge is 2.05. The van der Waals surface area contributed by atoms with E-state index >= 15 is 0 Å². The summed E-state index contributed by atoms with van der Waals surface area (Å²) in [6.07, 6.45) is 2.82. The van der Waals surface area contributed by atoms with Gasteiger partial charge in [0.25, 0.3) is 0 Å². The summed E-state index contributed by atoms with van der Waals surface area (Å²) in [6, 6.07) is 10.7. The molecule has 2 nitrogen and oxygen atoms in total. The lowest BCUT2D eigenvalue weighted by molar-refractivity contribution is 0.674.